The van der Waals surface area contributed by atoms with Crippen molar-refractivity contribution in [3.63, 3.8) is 0 Å². The Hall–Kier alpha value is -2.74. The molecule has 0 aromatic carbocycles. The summed E-state index contributed by atoms with van der Waals surface area (Å²) in [6.07, 6.45) is 8.21. The number of aromatic nitrogens is 3. The number of pyridine rings is 1. The lowest BCUT2D eigenvalue weighted by Gasteiger charge is -2.32. The monoisotopic (exact) mass is 414 g/mol. The van der Waals surface area contributed by atoms with E-state index in [1.165, 1.54) is 0 Å². The van der Waals surface area contributed by atoms with Crippen molar-refractivity contribution in [1.82, 2.24) is 19.9 Å². The number of carbonyl (C=O) groups is 2. The van der Waals surface area contributed by atoms with Gasteiger partial charge in [-0.25, -0.2) is 9.97 Å². The third-order valence-corrected chi connectivity index (χ3v) is 5.68. The van der Waals surface area contributed by atoms with Crippen LogP contribution in [-0.2, 0) is 9.59 Å². The van der Waals surface area contributed by atoms with E-state index < -0.39 is 0 Å². The normalized spacial score (nSPS) is 19.5. The van der Waals surface area contributed by atoms with Crippen molar-refractivity contribution >= 4 is 40.7 Å². The minimum absolute atomic E-state index is 0.0672. The van der Waals surface area contributed by atoms with Crippen molar-refractivity contribution in [2.75, 3.05) is 29.9 Å². The van der Waals surface area contributed by atoms with E-state index in [1.54, 1.807) is 30.4 Å². The summed E-state index contributed by atoms with van der Waals surface area (Å²) in [7, 11) is 0. The van der Waals surface area contributed by atoms with Crippen LogP contribution in [0.25, 0.3) is 0 Å². The third-order valence-electron chi connectivity index (χ3n) is 5.39. The Morgan fingerprint density at radius 1 is 1.24 bits per heavy atom. The summed E-state index contributed by atoms with van der Waals surface area (Å²) in [6, 6.07) is 1.87. The lowest BCUT2D eigenvalue weighted by molar-refractivity contribution is -0.130. The van der Waals surface area contributed by atoms with Crippen LogP contribution in [0.3, 0.4) is 0 Å². The van der Waals surface area contributed by atoms with E-state index in [0.29, 0.717) is 36.2 Å². The molecular formula is C20H23ClN6O2. The molecule has 1 unspecified atom stereocenters. The number of hydrogen-bond acceptors (Lipinski definition) is 6. The van der Waals surface area contributed by atoms with Crippen LogP contribution in [0.15, 0.2) is 24.7 Å². The van der Waals surface area contributed by atoms with Crippen LogP contribution in [0.4, 0.5) is 17.3 Å². The van der Waals surface area contributed by atoms with Gasteiger partial charge in [0.15, 0.2) is 0 Å². The highest BCUT2D eigenvalue weighted by Crippen LogP contribution is 2.31. The van der Waals surface area contributed by atoms with Gasteiger partial charge in [-0.2, -0.15) is 0 Å². The first-order valence-electron chi connectivity index (χ1n) is 9.81. The lowest BCUT2D eigenvalue weighted by atomic mass is 9.94. The van der Waals surface area contributed by atoms with E-state index in [9.17, 15) is 9.59 Å². The molecule has 2 aromatic heterocycles. The van der Waals surface area contributed by atoms with Crippen LogP contribution in [-0.4, -0.2) is 51.3 Å². The summed E-state index contributed by atoms with van der Waals surface area (Å²) < 4.78 is 0. The first-order valence-corrected chi connectivity index (χ1v) is 10.2. The van der Waals surface area contributed by atoms with Gasteiger partial charge >= 0.3 is 0 Å². The van der Waals surface area contributed by atoms with Gasteiger partial charge in [-0.15, -0.1) is 0 Å². The summed E-state index contributed by atoms with van der Waals surface area (Å²) in [6.45, 7) is 3.68. The first-order chi connectivity index (χ1) is 14.0. The van der Waals surface area contributed by atoms with Gasteiger partial charge in [-0.3, -0.25) is 14.6 Å². The SMILES string of the molecule is CC(=O)N1CCCC(c2nc(Nc3cncc(N4CCCC4=O)c3)ncc2Cl)C1. The van der Waals surface area contributed by atoms with E-state index in [1.807, 2.05) is 11.0 Å². The number of anilines is 3. The summed E-state index contributed by atoms with van der Waals surface area (Å²) in [4.78, 5) is 40.5. The largest absolute Gasteiger partial charge is 0.342 e. The summed E-state index contributed by atoms with van der Waals surface area (Å²) in [5, 5.41) is 3.66. The van der Waals surface area contributed by atoms with E-state index in [0.717, 1.165) is 37.2 Å². The smallest absolute Gasteiger partial charge is 0.227 e. The zero-order valence-corrected chi connectivity index (χ0v) is 17.0. The molecule has 0 radical (unpaired) electrons. The van der Waals surface area contributed by atoms with Crippen LogP contribution >= 0.6 is 11.6 Å². The predicted octanol–water partition coefficient (Wildman–Crippen LogP) is 3.12. The number of halogens is 1. The lowest BCUT2D eigenvalue weighted by Crippen LogP contribution is -2.38. The van der Waals surface area contributed by atoms with Crippen LogP contribution in [0.1, 0.15) is 44.2 Å². The molecule has 2 aliphatic rings. The van der Waals surface area contributed by atoms with Gasteiger partial charge in [-0.05, 0) is 25.3 Å². The maximum Gasteiger partial charge on any atom is 0.227 e. The molecule has 0 spiro atoms. The molecule has 2 fully saturated rings. The van der Waals surface area contributed by atoms with E-state index in [4.69, 9.17) is 11.6 Å². The minimum Gasteiger partial charge on any atom is -0.342 e. The number of nitrogens with zero attached hydrogens (tertiary/aromatic N) is 5. The number of amides is 2. The standard InChI is InChI=1S/C20H23ClN6O2/c1-13(28)26-6-2-4-14(12-26)19-17(21)11-23-20(25-19)24-15-8-16(10-22-9-15)27-7-3-5-18(27)29/h8-11,14H,2-7,12H2,1H3,(H,23,24,25). The Labute approximate surface area is 174 Å². The molecule has 9 heteroatoms. The minimum atomic E-state index is 0.0672. The zero-order valence-electron chi connectivity index (χ0n) is 16.3. The van der Waals surface area contributed by atoms with Gasteiger partial charge in [0.05, 0.1) is 40.7 Å². The highest BCUT2D eigenvalue weighted by atomic mass is 35.5. The summed E-state index contributed by atoms with van der Waals surface area (Å²) in [5.41, 5.74) is 2.20. The van der Waals surface area contributed by atoms with Crippen molar-refractivity contribution in [1.29, 1.82) is 0 Å². The summed E-state index contributed by atoms with van der Waals surface area (Å²) >= 11 is 6.37. The molecule has 4 rings (SSSR count). The van der Waals surface area contributed by atoms with Crippen molar-refractivity contribution in [2.45, 2.75) is 38.5 Å². The molecule has 2 amide bonds. The Kier molecular flexibility index (Phi) is 5.62. The maximum atomic E-state index is 12.0. The van der Waals surface area contributed by atoms with Gasteiger partial charge < -0.3 is 15.1 Å². The molecule has 1 N–H and O–H groups in total. The Morgan fingerprint density at radius 2 is 2.10 bits per heavy atom. The second-order valence-electron chi connectivity index (χ2n) is 7.44. The Morgan fingerprint density at radius 3 is 2.86 bits per heavy atom. The van der Waals surface area contributed by atoms with E-state index in [-0.39, 0.29) is 17.7 Å². The van der Waals surface area contributed by atoms with Gasteiger partial charge in [0, 0.05) is 38.9 Å². The molecule has 152 valence electrons. The molecular weight excluding hydrogens is 392 g/mol. The average molecular weight is 415 g/mol. The first kappa shape index (κ1) is 19.6. The van der Waals surface area contributed by atoms with Crippen LogP contribution in [0.5, 0.6) is 0 Å². The van der Waals surface area contributed by atoms with Crippen molar-refractivity contribution in [3.05, 3.63) is 35.4 Å². The summed E-state index contributed by atoms with van der Waals surface area (Å²) in [5.74, 6) is 0.672. The van der Waals surface area contributed by atoms with Gasteiger partial charge in [0.25, 0.3) is 0 Å². The van der Waals surface area contributed by atoms with E-state index in [2.05, 4.69) is 20.3 Å². The number of carbonyl (C=O) groups excluding carboxylic acids is 2. The fraction of sp³-hybridized carbons (Fsp3) is 0.450. The van der Waals surface area contributed by atoms with Gasteiger partial charge in [0.2, 0.25) is 17.8 Å². The number of likely N-dealkylation sites (tertiary alicyclic amines) is 1. The number of nitrogens with one attached hydrogen (secondary N) is 1. The molecule has 8 nitrogen and oxygen atoms in total. The quantitative estimate of drug-likeness (QED) is 0.826. The Bertz CT molecular complexity index is 937. The number of hydrogen-bond donors (Lipinski definition) is 1. The highest BCUT2D eigenvalue weighted by Gasteiger charge is 2.26. The topological polar surface area (TPSA) is 91.3 Å². The van der Waals surface area contributed by atoms with Crippen LogP contribution in [0, 0.1) is 0 Å². The molecule has 29 heavy (non-hydrogen) atoms. The van der Waals surface area contributed by atoms with Crippen molar-refractivity contribution in [2.24, 2.45) is 0 Å². The fourth-order valence-electron chi connectivity index (χ4n) is 3.91. The second-order valence-corrected chi connectivity index (χ2v) is 7.84. The average Bonchev–Trinajstić information content (AvgIpc) is 3.16. The number of piperidine rings is 1. The number of rotatable bonds is 4. The molecule has 2 aromatic rings. The highest BCUT2D eigenvalue weighted by molar-refractivity contribution is 6.31. The van der Waals surface area contributed by atoms with Gasteiger partial charge in [0.1, 0.15) is 0 Å². The fourth-order valence-corrected chi connectivity index (χ4v) is 4.15. The second kappa shape index (κ2) is 8.32. The predicted molar refractivity (Wildman–Crippen MR) is 110 cm³/mol. The molecule has 0 saturated carbocycles. The third kappa shape index (κ3) is 4.32. The maximum absolute atomic E-state index is 12.0. The van der Waals surface area contributed by atoms with Crippen LogP contribution < -0.4 is 10.2 Å². The zero-order chi connectivity index (χ0) is 20.4. The molecule has 0 bridgehead atoms. The van der Waals surface area contributed by atoms with Crippen LogP contribution in [0.2, 0.25) is 5.02 Å². The van der Waals surface area contributed by atoms with Crippen molar-refractivity contribution in [3.8, 4) is 0 Å². The van der Waals surface area contributed by atoms with Crippen molar-refractivity contribution < 1.29 is 9.59 Å². The Balaban J connectivity index is 1.54. The molecule has 2 saturated heterocycles. The molecule has 1 atom stereocenters. The van der Waals surface area contributed by atoms with Gasteiger partial charge in [-0.1, -0.05) is 11.6 Å². The van der Waals surface area contributed by atoms with E-state index >= 15 is 0 Å². The molecule has 2 aliphatic heterocycles. The molecule has 0 aliphatic carbocycles. The molecule has 4 heterocycles.